The fourth-order valence-electron chi connectivity index (χ4n) is 3.94. The molecule has 6 nitrogen and oxygen atoms in total. The summed E-state index contributed by atoms with van der Waals surface area (Å²) in [7, 11) is 0. The second kappa shape index (κ2) is 7.53. The number of halogens is 2. The molecule has 2 amide bonds. The van der Waals surface area contributed by atoms with E-state index in [1.807, 2.05) is 0 Å². The Labute approximate surface area is 171 Å². The molecule has 156 valence electrons. The lowest BCUT2D eigenvalue weighted by Gasteiger charge is -2.20. The number of hydrogen-bond donors (Lipinski definition) is 3. The van der Waals surface area contributed by atoms with Crippen LogP contribution in [-0.2, 0) is 16.0 Å². The van der Waals surface area contributed by atoms with E-state index in [-0.39, 0.29) is 37.7 Å². The van der Waals surface area contributed by atoms with Gasteiger partial charge < -0.3 is 20.7 Å². The Balaban J connectivity index is 1.61. The van der Waals surface area contributed by atoms with Crippen molar-refractivity contribution >= 4 is 22.7 Å². The van der Waals surface area contributed by atoms with Crippen molar-refractivity contribution in [3.8, 4) is 11.3 Å². The van der Waals surface area contributed by atoms with E-state index in [9.17, 15) is 23.5 Å². The Hall–Kier alpha value is -3.26. The minimum Gasteiger partial charge on any atom is -0.378 e. The van der Waals surface area contributed by atoms with Gasteiger partial charge >= 0.3 is 0 Å². The van der Waals surface area contributed by atoms with Gasteiger partial charge in [-0.2, -0.15) is 0 Å². The van der Waals surface area contributed by atoms with E-state index in [4.69, 9.17) is 5.73 Å². The Kier molecular flexibility index (Phi) is 5.03. The number of nitrogens with one attached hydrogen (secondary N) is 1. The molecule has 0 bridgehead atoms. The minimum absolute atomic E-state index is 0.104. The summed E-state index contributed by atoms with van der Waals surface area (Å²) in [6.07, 6.45) is 0.514. The first-order valence-electron chi connectivity index (χ1n) is 9.63. The van der Waals surface area contributed by atoms with Gasteiger partial charge in [-0.25, -0.2) is 8.78 Å². The van der Waals surface area contributed by atoms with Crippen LogP contribution >= 0.6 is 0 Å². The molecule has 1 aliphatic rings. The summed E-state index contributed by atoms with van der Waals surface area (Å²) < 4.78 is 27.2. The third-order valence-corrected chi connectivity index (χ3v) is 5.65. The maximum atomic E-state index is 13.9. The standard InChI is InChI=1S/C22H21F2N3O3/c23-14-3-1-13(2-4-14)20-16(17-11-15(24)5-7-18(17)26-20)6-8-19(28)27-10-9-22(30,12-27)21(25)29/h1-5,7,11,26,30H,6,8-10,12H2,(H2,25,29). The molecular weight excluding hydrogens is 392 g/mol. The van der Waals surface area contributed by atoms with Gasteiger partial charge in [-0.3, -0.25) is 9.59 Å². The number of aliphatic hydroxyl groups is 1. The Morgan fingerprint density at radius 1 is 1.13 bits per heavy atom. The number of nitrogens with zero attached hydrogens (tertiary/aromatic N) is 1. The summed E-state index contributed by atoms with van der Waals surface area (Å²) >= 11 is 0. The predicted octanol–water partition coefficient (Wildman–Crippen LogP) is 2.49. The highest BCUT2D eigenvalue weighted by atomic mass is 19.1. The number of aromatic nitrogens is 1. The number of hydrogen-bond acceptors (Lipinski definition) is 3. The number of carbonyl (C=O) groups excluding carboxylic acids is 2. The van der Waals surface area contributed by atoms with Crippen LogP contribution in [0.25, 0.3) is 22.2 Å². The van der Waals surface area contributed by atoms with Crippen molar-refractivity contribution in [3.63, 3.8) is 0 Å². The highest BCUT2D eigenvalue weighted by Crippen LogP contribution is 2.32. The van der Waals surface area contributed by atoms with E-state index in [2.05, 4.69) is 4.98 Å². The van der Waals surface area contributed by atoms with Crippen molar-refractivity contribution in [2.24, 2.45) is 5.73 Å². The molecule has 3 aromatic rings. The maximum absolute atomic E-state index is 13.9. The van der Waals surface area contributed by atoms with Crippen molar-refractivity contribution in [2.45, 2.75) is 24.9 Å². The summed E-state index contributed by atoms with van der Waals surface area (Å²) in [5.74, 6) is -1.84. The minimum atomic E-state index is -1.70. The predicted molar refractivity (Wildman–Crippen MR) is 107 cm³/mol. The number of β-amino-alcohol motifs (C(OH)–C–C–N with tert-alkyl or cyclic N) is 1. The molecule has 0 spiro atoms. The number of H-pyrrole nitrogens is 1. The zero-order valence-corrected chi connectivity index (χ0v) is 16.1. The second-order valence-electron chi connectivity index (χ2n) is 7.64. The molecule has 8 heteroatoms. The number of carbonyl (C=O) groups is 2. The lowest BCUT2D eigenvalue weighted by atomic mass is 10.0. The summed E-state index contributed by atoms with van der Waals surface area (Å²) in [6.45, 7) is 0.111. The van der Waals surface area contributed by atoms with Crippen LogP contribution in [0.1, 0.15) is 18.4 Å². The second-order valence-corrected chi connectivity index (χ2v) is 7.64. The van der Waals surface area contributed by atoms with Gasteiger partial charge in [-0.05, 0) is 60.0 Å². The molecule has 30 heavy (non-hydrogen) atoms. The average molecular weight is 413 g/mol. The summed E-state index contributed by atoms with van der Waals surface area (Å²) in [6, 6.07) is 10.3. The third-order valence-electron chi connectivity index (χ3n) is 5.65. The van der Waals surface area contributed by atoms with E-state index < -0.39 is 17.3 Å². The van der Waals surface area contributed by atoms with Crippen LogP contribution in [0.15, 0.2) is 42.5 Å². The zero-order chi connectivity index (χ0) is 21.5. The van der Waals surface area contributed by atoms with Crippen molar-refractivity contribution < 1.29 is 23.5 Å². The topological polar surface area (TPSA) is 99.4 Å². The number of amides is 2. The summed E-state index contributed by atoms with van der Waals surface area (Å²) in [4.78, 5) is 28.7. The number of aryl methyl sites for hydroxylation is 1. The van der Waals surface area contributed by atoms with Crippen LogP contribution in [0.4, 0.5) is 8.78 Å². The van der Waals surface area contributed by atoms with E-state index in [0.717, 1.165) is 11.1 Å². The highest BCUT2D eigenvalue weighted by molar-refractivity contribution is 5.92. The summed E-state index contributed by atoms with van der Waals surface area (Å²) in [5, 5.41) is 10.8. The van der Waals surface area contributed by atoms with Gasteiger partial charge in [0.2, 0.25) is 5.91 Å². The van der Waals surface area contributed by atoms with Crippen LogP contribution in [-0.4, -0.2) is 45.5 Å². The lowest BCUT2D eigenvalue weighted by molar-refractivity contribution is -0.137. The summed E-state index contributed by atoms with van der Waals surface area (Å²) in [5.41, 5.74) is 6.40. The molecular formula is C22H21F2N3O3. The van der Waals surface area contributed by atoms with E-state index >= 15 is 0 Å². The number of nitrogens with two attached hydrogens (primary N) is 1. The average Bonchev–Trinajstić information content (AvgIpc) is 3.28. The lowest BCUT2D eigenvalue weighted by Crippen LogP contribution is -2.46. The molecule has 0 aliphatic carbocycles. The van der Waals surface area contributed by atoms with Crippen molar-refractivity contribution in [1.29, 1.82) is 0 Å². The fraction of sp³-hybridized carbons (Fsp3) is 0.273. The van der Waals surface area contributed by atoms with Gasteiger partial charge in [0.05, 0.1) is 6.54 Å². The molecule has 4 N–H and O–H groups in total. The van der Waals surface area contributed by atoms with Crippen molar-refractivity contribution in [1.82, 2.24) is 9.88 Å². The first-order chi connectivity index (χ1) is 14.3. The Bertz CT molecular complexity index is 1130. The number of rotatable bonds is 5. The monoisotopic (exact) mass is 413 g/mol. The normalized spacial score (nSPS) is 18.8. The Morgan fingerprint density at radius 3 is 2.50 bits per heavy atom. The first kappa shape index (κ1) is 20.0. The molecule has 1 saturated heterocycles. The molecule has 0 saturated carbocycles. The zero-order valence-electron chi connectivity index (χ0n) is 16.1. The number of aromatic amines is 1. The number of fused-ring (bicyclic) bond motifs is 1. The number of benzene rings is 2. The van der Waals surface area contributed by atoms with Crippen molar-refractivity contribution in [3.05, 3.63) is 59.7 Å². The smallest absolute Gasteiger partial charge is 0.251 e. The van der Waals surface area contributed by atoms with Gasteiger partial charge in [0.15, 0.2) is 5.60 Å². The Morgan fingerprint density at radius 2 is 1.83 bits per heavy atom. The largest absolute Gasteiger partial charge is 0.378 e. The van der Waals surface area contributed by atoms with Gasteiger partial charge in [0.25, 0.3) is 5.91 Å². The molecule has 1 unspecified atom stereocenters. The van der Waals surface area contributed by atoms with Crippen LogP contribution in [0.3, 0.4) is 0 Å². The molecule has 0 radical (unpaired) electrons. The van der Waals surface area contributed by atoms with Gasteiger partial charge in [0.1, 0.15) is 11.6 Å². The van der Waals surface area contributed by atoms with Gasteiger partial charge in [-0.1, -0.05) is 0 Å². The van der Waals surface area contributed by atoms with Crippen LogP contribution in [0.5, 0.6) is 0 Å². The highest BCUT2D eigenvalue weighted by Gasteiger charge is 2.42. The van der Waals surface area contributed by atoms with Gasteiger partial charge in [0, 0.05) is 36.0 Å². The molecule has 1 aliphatic heterocycles. The first-order valence-corrected chi connectivity index (χ1v) is 9.63. The number of likely N-dealkylation sites (tertiary alicyclic amines) is 1. The van der Waals surface area contributed by atoms with Crippen LogP contribution in [0, 0.1) is 11.6 Å². The van der Waals surface area contributed by atoms with Crippen LogP contribution in [0.2, 0.25) is 0 Å². The SMILES string of the molecule is NC(=O)C1(O)CCN(C(=O)CCc2c(-c3ccc(F)cc3)[nH]c3ccc(F)cc23)C1. The molecule has 2 heterocycles. The van der Waals surface area contributed by atoms with E-state index in [0.29, 0.717) is 23.0 Å². The van der Waals surface area contributed by atoms with Gasteiger partial charge in [-0.15, -0.1) is 0 Å². The molecule has 1 atom stereocenters. The van der Waals surface area contributed by atoms with E-state index in [1.165, 1.54) is 29.2 Å². The maximum Gasteiger partial charge on any atom is 0.251 e. The molecule has 4 rings (SSSR count). The van der Waals surface area contributed by atoms with E-state index in [1.54, 1.807) is 18.2 Å². The molecule has 1 fully saturated rings. The molecule has 2 aromatic carbocycles. The third kappa shape index (κ3) is 3.66. The fourth-order valence-corrected chi connectivity index (χ4v) is 3.94. The van der Waals surface area contributed by atoms with Crippen LogP contribution < -0.4 is 5.73 Å². The number of primary amides is 1. The van der Waals surface area contributed by atoms with Crippen molar-refractivity contribution in [2.75, 3.05) is 13.1 Å². The molecule has 1 aromatic heterocycles. The quantitative estimate of drug-likeness (QED) is 0.599.